The van der Waals surface area contributed by atoms with Crippen LogP contribution in [0.2, 0.25) is 0 Å². The Morgan fingerprint density at radius 1 is 1.21 bits per heavy atom. The Morgan fingerprint density at radius 3 is 2.53 bits per heavy atom. The van der Waals surface area contributed by atoms with Crippen LogP contribution in [0.4, 0.5) is 4.39 Å². The molecule has 0 fully saturated rings. The number of hydrogen-bond acceptors (Lipinski definition) is 3. The Kier molecular flexibility index (Phi) is 8.34. The summed E-state index contributed by atoms with van der Waals surface area (Å²) in [4.78, 5) is 3.76. The molecule has 0 aliphatic rings. The lowest BCUT2D eigenvalue weighted by Crippen LogP contribution is -2.28. The summed E-state index contributed by atoms with van der Waals surface area (Å²) in [6.07, 6.45) is 12.5. The van der Waals surface area contributed by atoms with E-state index < -0.39 is 0 Å². The summed E-state index contributed by atoms with van der Waals surface area (Å²) >= 11 is 0. The molecule has 1 atom stereocenters. The maximum absolute atomic E-state index is 13.6. The molecule has 0 radical (unpaired) electrons. The molecule has 0 saturated carbocycles. The van der Waals surface area contributed by atoms with Gasteiger partial charge in [-0.05, 0) is 12.5 Å². The van der Waals surface area contributed by atoms with Crippen molar-refractivity contribution >= 4 is 0 Å². The van der Waals surface area contributed by atoms with Crippen molar-refractivity contribution in [2.75, 3.05) is 0 Å². The predicted octanol–water partition coefficient (Wildman–Crippen LogP) is 3.87. The van der Waals surface area contributed by atoms with Crippen LogP contribution >= 0.6 is 0 Å². The Hall–Kier alpha value is -1.00. The van der Waals surface area contributed by atoms with Crippen LogP contribution in [-0.4, -0.2) is 4.98 Å². The zero-order chi connectivity index (χ0) is 13.9. The highest BCUT2D eigenvalue weighted by Crippen LogP contribution is 2.21. The highest BCUT2D eigenvalue weighted by Gasteiger charge is 2.13. The molecule has 3 N–H and O–H groups in total. The third kappa shape index (κ3) is 6.12. The molecule has 1 aromatic rings. The van der Waals surface area contributed by atoms with Gasteiger partial charge in [-0.25, -0.2) is 4.39 Å². The van der Waals surface area contributed by atoms with Gasteiger partial charge < -0.3 is 0 Å². The van der Waals surface area contributed by atoms with Crippen LogP contribution in [-0.2, 0) is 0 Å². The number of halogens is 1. The van der Waals surface area contributed by atoms with Crippen molar-refractivity contribution in [2.24, 2.45) is 5.84 Å². The average molecular weight is 267 g/mol. The first kappa shape index (κ1) is 16.1. The Labute approximate surface area is 115 Å². The Balaban J connectivity index is 2.24. The van der Waals surface area contributed by atoms with E-state index >= 15 is 0 Å². The van der Waals surface area contributed by atoms with Gasteiger partial charge in [-0.3, -0.25) is 16.3 Å². The van der Waals surface area contributed by atoms with Crippen molar-refractivity contribution in [1.82, 2.24) is 10.4 Å². The molecule has 0 aliphatic carbocycles. The standard InChI is InChI=1S/C15H26FN3/c1-2-3-4-5-6-7-8-9-15(19-17)13-10-11-18-12-14(13)16/h10-12,15,19H,2-9,17H2,1H3. The number of aromatic nitrogens is 1. The summed E-state index contributed by atoms with van der Waals surface area (Å²) in [5.74, 6) is 5.23. The van der Waals surface area contributed by atoms with Crippen LogP contribution in [0.15, 0.2) is 18.5 Å². The molecule has 4 heteroatoms. The zero-order valence-corrected chi connectivity index (χ0v) is 11.9. The molecular weight excluding hydrogens is 241 g/mol. The summed E-state index contributed by atoms with van der Waals surface area (Å²) in [5.41, 5.74) is 3.32. The molecule has 3 nitrogen and oxygen atoms in total. The van der Waals surface area contributed by atoms with E-state index in [1.165, 1.54) is 44.7 Å². The molecule has 0 bridgehead atoms. The van der Waals surface area contributed by atoms with E-state index in [0.29, 0.717) is 5.56 Å². The lowest BCUT2D eigenvalue weighted by molar-refractivity contribution is 0.455. The summed E-state index contributed by atoms with van der Waals surface area (Å²) in [6.45, 7) is 2.22. The molecule has 1 aromatic heterocycles. The van der Waals surface area contributed by atoms with Crippen LogP contribution in [0.5, 0.6) is 0 Å². The normalized spacial score (nSPS) is 12.6. The number of nitrogens with two attached hydrogens (primary N) is 1. The molecule has 0 spiro atoms. The molecule has 0 amide bonds. The van der Waals surface area contributed by atoms with E-state index in [4.69, 9.17) is 5.84 Å². The number of unbranched alkanes of at least 4 members (excludes halogenated alkanes) is 6. The van der Waals surface area contributed by atoms with Crippen LogP contribution in [0.3, 0.4) is 0 Å². The molecule has 108 valence electrons. The van der Waals surface area contributed by atoms with Gasteiger partial charge in [0.1, 0.15) is 5.82 Å². The van der Waals surface area contributed by atoms with Crippen molar-refractivity contribution in [3.63, 3.8) is 0 Å². The molecule has 0 saturated heterocycles. The smallest absolute Gasteiger partial charge is 0.146 e. The first-order valence-electron chi connectivity index (χ1n) is 7.35. The van der Waals surface area contributed by atoms with Crippen LogP contribution in [0.25, 0.3) is 0 Å². The van der Waals surface area contributed by atoms with E-state index in [2.05, 4.69) is 17.3 Å². The summed E-state index contributed by atoms with van der Waals surface area (Å²) in [6, 6.07) is 1.58. The van der Waals surface area contributed by atoms with Gasteiger partial charge in [-0.1, -0.05) is 51.9 Å². The van der Waals surface area contributed by atoms with Gasteiger partial charge in [0.25, 0.3) is 0 Å². The number of hydrazine groups is 1. The molecular formula is C15H26FN3. The molecule has 0 aromatic carbocycles. The lowest BCUT2D eigenvalue weighted by atomic mass is 10.0. The van der Waals surface area contributed by atoms with E-state index in [1.54, 1.807) is 12.3 Å². The maximum atomic E-state index is 13.6. The van der Waals surface area contributed by atoms with Crippen molar-refractivity contribution in [2.45, 2.75) is 64.3 Å². The van der Waals surface area contributed by atoms with Gasteiger partial charge in [0.05, 0.1) is 6.20 Å². The highest BCUT2D eigenvalue weighted by atomic mass is 19.1. The van der Waals surface area contributed by atoms with Crippen molar-refractivity contribution in [1.29, 1.82) is 0 Å². The molecule has 1 rings (SSSR count). The Bertz CT molecular complexity index is 344. The van der Waals surface area contributed by atoms with E-state index in [9.17, 15) is 4.39 Å². The number of pyridine rings is 1. The SMILES string of the molecule is CCCCCCCCCC(NN)c1ccncc1F. The van der Waals surface area contributed by atoms with E-state index in [0.717, 1.165) is 12.8 Å². The minimum atomic E-state index is -0.284. The molecule has 19 heavy (non-hydrogen) atoms. The Morgan fingerprint density at radius 2 is 1.89 bits per heavy atom. The van der Waals surface area contributed by atoms with Crippen LogP contribution in [0, 0.1) is 5.82 Å². The van der Waals surface area contributed by atoms with Gasteiger partial charge in [0.15, 0.2) is 0 Å². The molecule has 1 unspecified atom stereocenters. The fraction of sp³-hybridized carbons (Fsp3) is 0.667. The largest absolute Gasteiger partial charge is 0.271 e. The van der Waals surface area contributed by atoms with Gasteiger partial charge in [-0.15, -0.1) is 0 Å². The third-order valence-corrected chi connectivity index (χ3v) is 3.48. The number of hydrogen-bond donors (Lipinski definition) is 2. The fourth-order valence-electron chi connectivity index (χ4n) is 2.30. The lowest BCUT2D eigenvalue weighted by Gasteiger charge is -2.16. The van der Waals surface area contributed by atoms with Crippen LogP contribution in [0.1, 0.15) is 69.9 Å². The monoisotopic (exact) mass is 267 g/mol. The molecule has 1 heterocycles. The second kappa shape index (κ2) is 9.87. The second-order valence-electron chi connectivity index (χ2n) is 5.03. The summed E-state index contributed by atoms with van der Waals surface area (Å²) < 4.78 is 13.6. The van der Waals surface area contributed by atoms with Gasteiger partial charge in [-0.2, -0.15) is 0 Å². The number of nitrogens with zero attached hydrogens (tertiary/aromatic N) is 1. The third-order valence-electron chi connectivity index (χ3n) is 3.48. The van der Waals surface area contributed by atoms with Gasteiger partial charge in [0.2, 0.25) is 0 Å². The topological polar surface area (TPSA) is 50.9 Å². The van der Waals surface area contributed by atoms with Gasteiger partial charge in [0, 0.05) is 17.8 Å². The average Bonchev–Trinajstić information content (AvgIpc) is 2.43. The van der Waals surface area contributed by atoms with Gasteiger partial charge >= 0.3 is 0 Å². The van der Waals surface area contributed by atoms with E-state index in [-0.39, 0.29) is 11.9 Å². The number of rotatable bonds is 10. The fourth-order valence-corrected chi connectivity index (χ4v) is 2.30. The minimum Gasteiger partial charge on any atom is -0.271 e. The zero-order valence-electron chi connectivity index (χ0n) is 11.9. The quantitative estimate of drug-likeness (QED) is 0.384. The van der Waals surface area contributed by atoms with E-state index in [1.807, 2.05) is 0 Å². The predicted molar refractivity (Wildman–Crippen MR) is 76.9 cm³/mol. The summed E-state index contributed by atoms with van der Waals surface area (Å²) in [7, 11) is 0. The number of nitrogens with one attached hydrogen (secondary N) is 1. The maximum Gasteiger partial charge on any atom is 0.146 e. The first-order chi connectivity index (χ1) is 9.29. The van der Waals surface area contributed by atoms with Crippen LogP contribution < -0.4 is 11.3 Å². The van der Waals surface area contributed by atoms with Crippen molar-refractivity contribution in [3.8, 4) is 0 Å². The first-order valence-corrected chi connectivity index (χ1v) is 7.35. The molecule has 0 aliphatic heterocycles. The van der Waals surface area contributed by atoms with Crippen molar-refractivity contribution in [3.05, 3.63) is 29.8 Å². The second-order valence-corrected chi connectivity index (χ2v) is 5.03. The summed E-state index contributed by atoms with van der Waals surface area (Å²) in [5, 5.41) is 0. The van der Waals surface area contributed by atoms with Crippen molar-refractivity contribution < 1.29 is 4.39 Å². The minimum absolute atomic E-state index is 0.112. The highest BCUT2D eigenvalue weighted by molar-refractivity contribution is 5.16.